The zero-order valence-electron chi connectivity index (χ0n) is 8.30. The van der Waals surface area contributed by atoms with Crippen molar-refractivity contribution < 1.29 is 14.3 Å². The standard InChI is InChI=1S/C11H13NO3/c13-9-5-6-12(8-9)11(14)4-3-10-2-1-7-15-10/h1-4,7,9,13H,5-6,8H2/b4-3+/t9-/m0/s1. The molecule has 2 rings (SSSR count). The first-order valence-electron chi connectivity index (χ1n) is 4.94. The maximum atomic E-state index is 11.6. The van der Waals surface area contributed by atoms with Gasteiger partial charge in [0.05, 0.1) is 12.4 Å². The lowest BCUT2D eigenvalue weighted by Gasteiger charge is -2.11. The first kappa shape index (κ1) is 9.98. The van der Waals surface area contributed by atoms with Crippen LogP contribution in [-0.2, 0) is 4.79 Å². The van der Waals surface area contributed by atoms with Crippen molar-refractivity contribution in [1.82, 2.24) is 4.90 Å². The summed E-state index contributed by atoms with van der Waals surface area (Å²) in [5.74, 6) is 0.575. The fraction of sp³-hybridized carbons (Fsp3) is 0.364. The summed E-state index contributed by atoms with van der Waals surface area (Å²) in [7, 11) is 0. The fourth-order valence-electron chi connectivity index (χ4n) is 1.59. The highest BCUT2D eigenvalue weighted by molar-refractivity contribution is 5.91. The van der Waals surface area contributed by atoms with Crippen molar-refractivity contribution >= 4 is 12.0 Å². The normalized spacial score (nSPS) is 21.4. The summed E-state index contributed by atoms with van der Waals surface area (Å²) in [5.41, 5.74) is 0. The second-order valence-corrected chi connectivity index (χ2v) is 3.58. The van der Waals surface area contributed by atoms with Crippen LogP contribution in [0, 0.1) is 0 Å². The van der Waals surface area contributed by atoms with Crippen LogP contribution in [0.15, 0.2) is 28.9 Å². The van der Waals surface area contributed by atoms with Crippen LogP contribution in [0.5, 0.6) is 0 Å². The van der Waals surface area contributed by atoms with Gasteiger partial charge in [-0.15, -0.1) is 0 Å². The Morgan fingerprint density at radius 3 is 3.13 bits per heavy atom. The van der Waals surface area contributed by atoms with Crippen LogP contribution in [-0.4, -0.2) is 35.1 Å². The van der Waals surface area contributed by atoms with Gasteiger partial charge in [-0.1, -0.05) is 0 Å². The van der Waals surface area contributed by atoms with Crippen molar-refractivity contribution in [2.45, 2.75) is 12.5 Å². The Balaban J connectivity index is 1.92. The smallest absolute Gasteiger partial charge is 0.246 e. The van der Waals surface area contributed by atoms with E-state index in [9.17, 15) is 9.90 Å². The first-order valence-corrected chi connectivity index (χ1v) is 4.94. The topological polar surface area (TPSA) is 53.7 Å². The SMILES string of the molecule is O=C(/C=C/c1ccco1)N1CC[C@H](O)C1. The molecule has 1 N–H and O–H groups in total. The van der Waals surface area contributed by atoms with E-state index in [1.165, 1.54) is 6.08 Å². The Bertz CT molecular complexity index is 356. The third-order valence-electron chi connectivity index (χ3n) is 2.41. The molecule has 1 atom stereocenters. The van der Waals surface area contributed by atoms with Gasteiger partial charge in [0, 0.05) is 19.2 Å². The van der Waals surface area contributed by atoms with Crippen LogP contribution in [0.1, 0.15) is 12.2 Å². The molecule has 1 amide bonds. The van der Waals surface area contributed by atoms with Crippen LogP contribution in [0.2, 0.25) is 0 Å². The van der Waals surface area contributed by atoms with Gasteiger partial charge in [-0.05, 0) is 24.6 Å². The zero-order valence-corrected chi connectivity index (χ0v) is 8.30. The van der Waals surface area contributed by atoms with Gasteiger partial charge in [-0.25, -0.2) is 0 Å². The number of hydrogen-bond donors (Lipinski definition) is 1. The van der Waals surface area contributed by atoms with E-state index in [2.05, 4.69) is 0 Å². The van der Waals surface area contributed by atoms with Gasteiger partial charge < -0.3 is 14.4 Å². The summed E-state index contributed by atoms with van der Waals surface area (Å²) in [4.78, 5) is 13.2. The quantitative estimate of drug-likeness (QED) is 0.732. The fourth-order valence-corrected chi connectivity index (χ4v) is 1.59. The number of hydrogen-bond acceptors (Lipinski definition) is 3. The van der Waals surface area contributed by atoms with E-state index in [0.717, 1.165) is 0 Å². The highest BCUT2D eigenvalue weighted by Crippen LogP contribution is 2.10. The van der Waals surface area contributed by atoms with Crippen LogP contribution in [0.4, 0.5) is 0 Å². The maximum absolute atomic E-state index is 11.6. The van der Waals surface area contributed by atoms with Gasteiger partial charge >= 0.3 is 0 Å². The molecule has 1 aliphatic heterocycles. The van der Waals surface area contributed by atoms with Crippen LogP contribution in [0.3, 0.4) is 0 Å². The number of rotatable bonds is 2. The van der Waals surface area contributed by atoms with Crippen LogP contribution in [0.25, 0.3) is 6.08 Å². The molecule has 15 heavy (non-hydrogen) atoms. The molecule has 4 nitrogen and oxygen atoms in total. The maximum Gasteiger partial charge on any atom is 0.246 e. The number of likely N-dealkylation sites (tertiary alicyclic amines) is 1. The lowest BCUT2D eigenvalue weighted by Crippen LogP contribution is -2.27. The molecule has 0 saturated carbocycles. The largest absolute Gasteiger partial charge is 0.465 e. The van der Waals surface area contributed by atoms with Crippen molar-refractivity contribution in [2.75, 3.05) is 13.1 Å². The van der Waals surface area contributed by atoms with E-state index >= 15 is 0 Å². The van der Waals surface area contributed by atoms with Crippen molar-refractivity contribution in [1.29, 1.82) is 0 Å². The van der Waals surface area contributed by atoms with E-state index in [-0.39, 0.29) is 12.0 Å². The Morgan fingerprint density at radius 1 is 1.67 bits per heavy atom. The van der Waals surface area contributed by atoms with E-state index in [4.69, 9.17) is 4.42 Å². The average molecular weight is 207 g/mol. The van der Waals surface area contributed by atoms with Gasteiger partial charge in [0.15, 0.2) is 0 Å². The minimum Gasteiger partial charge on any atom is -0.465 e. The van der Waals surface area contributed by atoms with Gasteiger partial charge in [0.25, 0.3) is 0 Å². The minimum absolute atomic E-state index is 0.0806. The zero-order chi connectivity index (χ0) is 10.7. The molecule has 1 saturated heterocycles. The Labute approximate surface area is 87.8 Å². The molecule has 0 bridgehead atoms. The third-order valence-corrected chi connectivity index (χ3v) is 2.41. The summed E-state index contributed by atoms with van der Waals surface area (Å²) >= 11 is 0. The molecule has 1 fully saturated rings. The third kappa shape index (κ3) is 2.47. The summed E-state index contributed by atoms with van der Waals surface area (Å²) < 4.78 is 5.06. The average Bonchev–Trinajstić information content (AvgIpc) is 2.84. The number of carbonyl (C=O) groups is 1. The summed E-state index contributed by atoms with van der Waals surface area (Å²) in [6.07, 6.45) is 4.96. The molecule has 0 aromatic carbocycles. The second-order valence-electron chi connectivity index (χ2n) is 3.58. The number of furan rings is 1. The second kappa shape index (κ2) is 4.31. The molecule has 1 aliphatic rings. The minimum atomic E-state index is -0.369. The van der Waals surface area contributed by atoms with E-state index in [0.29, 0.717) is 25.3 Å². The number of carbonyl (C=O) groups excluding carboxylic acids is 1. The number of β-amino-alcohol motifs (C(OH)–C–C–N with tert-alkyl or cyclic N) is 1. The molecular weight excluding hydrogens is 194 g/mol. The number of aliphatic hydroxyl groups excluding tert-OH is 1. The highest BCUT2D eigenvalue weighted by atomic mass is 16.3. The van der Waals surface area contributed by atoms with E-state index < -0.39 is 0 Å². The molecule has 80 valence electrons. The van der Waals surface area contributed by atoms with E-state index in [1.54, 1.807) is 29.4 Å². The van der Waals surface area contributed by atoms with Crippen molar-refractivity contribution in [3.05, 3.63) is 30.2 Å². The van der Waals surface area contributed by atoms with E-state index in [1.807, 2.05) is 0 Å². The predicted molar refractivity (Wildman–Crippen MR) is 54.9 cm³/mol. The van der Waals surface area contributed by atoms with Crippen molar-refractivity contribution in [3.8, 4) is 0 Å². The lowest BCUT2D eigenvalue weighted by molar-refractivity contribution is -0.125. The summed E-state index contributed by atoms with van der Waals surface area (Å²) in [6.45, 7) is 1.06. The lowest BCUT2D eigenvalue weighted by atomic mass is 10.3. The molecule has 2 heterocycles. The molecule has 4 heteroatoms. The Morgan fingerprint density at radius 2 is 2.53 bits per heavy atom. The van der Waals surface area contributed by atoms with Gasteiger partial charge in [-0.2, -0.15) is 0 Å². The summed E-state index contributed by atoms with van der Waals surface area (Å²) in [5, 5.41) is 9.26. The Kier molecular flexibility index (Phi) is 2.87. The van der Waals surface area contributed by atoms with Crippen LogP contribution >= 0.6 is 0 Å². The molecule has 1 aromatic heterocycles. The first-order chi connectivity index (χ1) is 7.25. The summed E-state index contributed by atoms with van der Waals surface area (Å²) in [6, 6.07) is 3.55. The number of amides is 1. The van der Waals surface area contributed by atoms with Gasteiger partial charge in [0.2, 0.25) is 5.91 Å². The number of aliphatic hydroxyl groups is 1. The Hall–Kier alpha value is -1.55. The molecule has 0 spiro atoms. The molecule has 1 aromatic rings. The highest BCUT2D eigenvalue weighted by Gasteiger charge is 2.22. The molecule has 0 aliphatic carbocycles. The predicted octanol–water partition coefficient (Wildman–Crippen LogP) is 0.886. The molecule has 0 unspecified atom stereocenters. The monoisotopic (exact) mass is 207 g/mol. The molecule has 0 radical (unpaired) electrons. The van der Waals surface area contributed by atoms with Crippen molar-refractivity contribution in [2.24, 2.45) is 0 Å². The molecular formula is C11H13NO3. The number of nitrogens with zero attached hydrogens (tertiary/aromatic N) is 1. The van der Waals surface area contributed by atoms with Crippen LogP contribution < -0.4 is 0 Å². The van der Waals surface area contributed by atoms with Gasteiger partial charge in [-0.3, -0.25) is 4.79 Å². The van der Waals surface area contributed by atoms with Crippen molar-refractivity contribution in [3.63, 3.8) is 0 Å². The van der Waals surface area contributed by atoms with Gasteiger partial charge in [0.1, 0.15) is 5.76 Å².